The molecule has 4 rings (SSSR count). The minimum Gasteiger partial charge on any atom is -0.384 e. The van der Waals surface area contributed by atoms with Crippen LogP contribution in [0.1, 0.15) is 21.5 Å². The van der Waals surface area contributed by atoms with Crippen LogP contribution in [0.15, 0.2) is 91.1 Å². The maximum atomic E-state index is 12.4. The molecule has 158 valence electrons. The van der Waals surface area contributed by atoms with E-state index in [2.05, 4.69) is 21.7 Å². The van der Waals surface area contributed by atoms with Crippen molar-refractivity contribution >= 4 is 40.2 Å². The van der Waals surface area contributed by atoms with Crippen molar-refractivity contribution in [1.29, 1.82) is 0 Å². The van der Waals surface area contributed by atoms with Crippen LogP contribution in [0.2, 0.25) is 0 Å². The average Bonchev–Trinajstić information content (AvgIpc) is 2.81. The lowest BCUT2D eigenvalue weighted by molar-refractivity contribution is -0.116. The number of fused-ring (bicyclic) bond motifs is 1. The second kappa shape index (κ2) is 9.57. The number of hydrogen-bond acceptors (Lipinski definition) is 4. The Bertz CT molecular complexity index is 1300. The minimum atomic E-state index is -0.246. The Balaban J connectivity index is 1.30. The molecule has 0 aliphatic carbocycles. The van der Waals surface area contributed by atoms with Crippen molar-refractivity contribution in [3.8, 4) is 0 Å². The van der Waals surface area contributed by atoms with Crippen LogP contribution in [0.3, 0.4) is 0 Å². The average molecular weight is 422 g/mol. The Kier molecular flexibility index (Phi) is 6.22. The summed E-state index contributed by atoms with van der Waals surface area (Å²) in [5.41, 5.74) is 8.57. The van der Waals surface area contributed by atoms with Crippen molar-refractivity contribution in [2.24, 2.45) is 0 Å². The van der Waals surface area contributed by atoms with E-state index in [0.29, 0.717) is 23.6 Å². The summed E-state index contributed by atoms with van der Waals surface area (Å²) in [5, 5.41) is 7.92. The number of nitrogen functional groups attached to an aromatic ring is 1. The number of nitrogens with two attached hydrogens (primary N) is 1. The second-order valence-electron chi connectivity index (χ2n) is 7.28. The maximum Gasteiger partial charge on any atom is 0.255 e. The number of carbonyl (C=O) groups is 2. The van der Waals surface area contributed by atoms with Crippen LogP contribution in [-0.2, 0) is 11.3 Å². The monoisotopic (exact) mass is 422 g/mol. The van der Waals surface area contributed by atoms with E-state index in [4.69, 9.17) is 5.73 Å². The van der Waals surface area contributed by atoms with E-state index < -0.39 is 0 Å². The first-order valence-electron chi connectivity index (χ1n) is 10.1. The number of anilines is 2. The van der Waals surface area contributed by atoms with E-state index in [1.54, 1.807) is 30.3 Å². The van der Waals surface area contributed by atoms with Gasteiger partial charge in [-0.15, -0.1) is 0 Å². The molecular weight excluding hydrogens is 400 g/mol. The summed E-state index contributed by atoms with van der Waals surface area (Å²) in [6, 6.07) is 24.5. The molecular formula is C26H22N4O2. The van der Waals surface area contributed by atoms with Gasteiger partial charge in [-0.3, -0.25) is 9.59 Å². The molecule has 0 aliphatic rings. The first-order chi connectivity index (χ1) is 15.6. The summed E-state index contributed by atoms with van der Waals surface area (Å²) in [5.74, 6) is -0.0942. The summed E-state index contributed by atoms with van der Waals surface area (Å²) < 4.78 is 0. The third-order valence-electron chi connectivity index (χ3n) is 4.92. The summed E-state index contributed by atoms with van der Waals surface area (Å²) in [6.45, 7) is 0.365. The molecule has 1 heterocycles. The lowest BCUT2D eigenvalue weighted by Crippen LogP contribution is -2.20. The fourth-order valence-electron chi connectivity index (χ4n) is 3.23. The molecule has 0 spiro atoms. The topological polar surface area (TPSA) is 97.1 Å². The van der Waals surface area contributed by atoms with Gasteiger partial charge >= 0.3 is 0 Å². The fourth-order valence-corrected chi connectivity index (χ4v) is 3.23. The Morgan fingerprint density at radius 1 is 0.906 bits per heavy atom. The highest BCUT2D eigenvalue weighted by atomic mass is 16.2. The first kappa shape index (κ1) is 20.8. The second-order valence-corrected chi connectivity index (χ2v) is 7.28. The molecule has 0 saturated carbocycles. The summed E-state index contributed by atoms with van der Waals surface area (Å²) in [4.78, 5) is 28.4. The van der Waals surface area contributed by atoms with E-state index >= 15 is 0 Å². The molecule has 6 nitrogen and oxygen atoms in total. The van der Waals surface area contributed by atoms with Crippen LogP contribution in [0, 0.1) is 0 Å². The van der Waals surface area contributed by atoms with Gasteiger partial charge in [0.25, 0.3) is 5.91 Å². The van der Waals surface area contributed by atoms with Crippen molar-refractivity contribution < 1.29 is 9.59 Å². The number of pyridine rings is 1. The first-order valence-corrected chi connectivity index (χ1v) is 10.1. The molecule has 0 unspecified atom stereocenters. The van der Waals surface area contributed by atoms with Crippen LogP contribution in [0.4, 0.5) is 11.5 Å². The lowest BCUT2D eigenvalue weighted by Gasteiger charge is -2.07. The van der Waals surface area contributed by atoms with Gasteiger partial charge in [0.1, 0.15) is 5.82 Å². The Hall–Kier alpha value is -4.45. The molecule has 0 aliphatic heterocycles. The molecule has 0 saturated heterocycles. The van der Waals surface area contributed by atoms with Gasteiger partial charge in [-0.2, -0.15) is 0 Å². The number of carbonyl (C=O) groups excluding carboxylic acids is 2. The van der Waals surface area contributed by atoms with Crippen LogP contribution in [0.5, 0.6) is 0 Å². The smallest absolute Gasteiger partial charge is 0.255 e. The normalized spacial score (nSPS) is 10.9. The van der Waals surface area contributed by atoms with Crippen molar-refractivity contribution in [3.05, 3.63) is 108 Å². The van der Waals surface area contributed by atoms with Gasteiger partial charge in [0.2, 0.25) is 5.91 Å². The van der Waals surface area contributed by atoms with Gasteiger partial charge in [0.05, 0.1) is 0 Å². The van der Waals surface area contributed by atoms with E-state index in [0.717, 1.165) is 21.9 Å². The molecule has 32 heavy (non-hydrogen) atoms. The lowest BCUT2D eigenvalue weighted by atomic mass is 10.1. The zero-order valence-electron chi connectivity index (χ0n) is 17.3. The number of nitrogens with zero attached hydrogens (tertiary/aromatic N) is 1. The largest absolute Gasteiger partial charge is 0.384 e. The Morgan fingerprint density at radius 2 is 1.69 bits per heavy atom. The molecule has 0 fully saturated rings. The number of benzene rings is 3. The highest BCUT2D eigenvalue weighted by molar-refractivity contribution is 6.04. The van der Waals surface area contributed by atoms with Gasteiger partial charge in [-0.25, -0.2) is 4.98 Å². The van der Waals surface area contributed by atoms with Crippen LogP contribution in [0.25, 0.3) is 16.8 Å². The van der Waals surface area contributed by atoms with Crippen LogP contribution in [-0.4, -0.2) is 16.8 Å². The molecule has 0 bridgehead atoms. The van der Waals surface area contributed by atoms with Gasteiger partial charge in [-0.1, -0.05) is 48.5 Å². The summed E-state index contributed by atoms with van der Waals surface area (Å²) in [6.07, 6.45) is 4.85. The SMILES string of the molecule is Nc1cc(NC(=O)c2ccc(CNC(=O)C=Cc3ccc4ccccc4c3)cc2)ccn1. The molecule has 4 aromatic rings. The molecule has 6 heteroatoms. The maximum absolute atomic E-state index is 12.4. The summed E-state index contributed by atoms with van der Waals surface area (Å²) >= 11 is 0. The quantitative estimate of drug-likeness (QED) is 0.401. The number of nitrogens with one attached hydrogen (secondary N) is 2. The molecule has 0 radical (unpaired) electrons. The van der Waals surface area contributed by atoms with Crippen molar-refractivity contribution in [2.45, 2.75) is 6.54 Å². The third-order valence-corrected chi connectivity index (χ3v) is 4.92. The van der Waals surface area contributed by atoms with Crippen LogP contribution < -0.4 is 16.4 Å². The van der Waals surface area contributed by atoms with E-state index in [1.807, 2.05) is 48.5 Å². The van der Waals surface area contributed by atoms with E-state index in [9.17, 15) is 9.59 Å². The molecule has 4 N–H and O–H groups in total. The zero-order chi connectivity index (χ0) is 22.3. The molecule has 1 aromatic heterocycles. The number of aromatic nitrogens is 1. The zero-order valence-corrected chi connectivity index (χ0v) is 17.3. The van der Waals surface area contributed by atoms with Crippen molar-refractivity contribution in [2.75, 3.05) is 11.1 Å². The van der Waals surface area contributed by atoms with E-state index in [-0.39, 0.29) is 11.8 Å². The van der Waals surface area contributed by atoms with Gasteiger partial charge < -0.3 is 16.4 Å². The number of rotatable bonds is 6. The third kappa shape index (κ3) is 5.37. The number of amides is 2. The number of hydrogen-bond donors (Lipinski definition) is 3. The Morgan fingerprint density at radius 3 is 2.47 bits per heavy atom. The van der Waals surface area contributed by atoms with Gasteiger partial charge in [0, 0.05) is 36.1 Å². The van der Waals surface area contributed by atoms with Crippen molar-refractivity contribution in [1.82, 2.24) is 10.3 Å². The summed E-state index contributed by atoms with van der Waals surface area (Å²) in [7, 11) is 0. The highest BCUT2D eigenvalue weighted by Gasteiger charge is 2.07. The fraction of sp³-hybridized carbons (Fsp3) is 0.0385. The van der Waals surface area contributed by atoms with E-state index in [1.165, 1.54) is 12.3 Å². The molecule has 2 amide bonds. The van der Waals surface area contributed by atoms with Gasteiger partial charge in [-0.05, 0) is 52.2 Å². The molecule has 3 aromatic carbocycles. The highest BCUT2D eigenvalue weighted by Crippen LogP contribution is 2.16. The van der Waals surface area contributed by atoms with Crippen LogP contribution >= 0.6 is 0 Å². The standard InChI is InChI=1S/C26H22N4O2/c27-24-16-23(13-14-28-24)30-26(32)21-10-6-19(7-11-21)17-29-25(31)12-8-18-5-9-20-3-1-2-4-22(20)15-18/h1-16H,17H2,(H,29,31)(H3,27,28,30,32). The van der Waals surface area contributed by atoms with Crippen molar-refractivity contribution in [3.63, 3.8) is 0 Å². The van der Waals surface area contributed by atoms with Gasteiger partial charge in [0.15, 0.2) is 0 Å². The predicted molar refractivity (Wildman–Crippen MR) is 128 cm³/mol. The molecule has 0 atom stereocenters. The minimum absolute atomic E-state index is 0.185. The predicted octanol–water partition coefficient (Wildman–Crippen LogP) is 4.40. The Labute approximate surface area is 185 Å².